The highest BCUT2D eigenvalue weighted by molar-refractivity contribution is 5.83. The molecule has 37 heavy (non-hydrogen) atoms. The SMILES string of the molecule is CC1=C[C@H]2O[C@@H]3C[C@H]4OC(=O)/C=C\C=C/[C@H]([C@@H](C)O)OCC/C(C)=C\C(=O)OC[C@@]2(CC1)[C@]4(C)[C@@]31CO1. The van der Waals surface area contributed by atoms with E-state index in [0.717, 1.165) is 18.4 Å². The van der Waals surface area contributed by atoms with Crippen LogP contribution in [0.3, 0.4) is 0 Å². The van der Waals surface area contributed by atoms with Gasteiger partial charge in [-0.2, -0.15) is 0 Å². The lowest BCUT2D eigenvalue weighted by Crippen LogP contribution is -2.66. The van der Waals surface area contributed by atoms with Crippen molar-refractivity contribution < 1.29 is 38.4 Å². The number of rotatable bonds is 1. The zero-order valence-corrected chi connectivity index (χ0v) is 22.1. The quantitative estimate of drug-likeness (QED) is 0.323. The van der Waals surface area contributed by atoms with Crippen LogP contribution in [0.4, 0.5) is 0 Å². The lowest BCUT2D eigenvalue weighted by molar-refractivity contribution is -0.232. The van der Waals surface area contributed by atoms with Crippen LogP contribution in [0.2, 0.25) is 0 Å². The number of aliphatic hydroxyl groups excluding tert-OH is 1. The van der Waals surface area contributed by atoms with Crippen molar-refractivity contribution in [1.29, 1.82) is 0 Å². The fraction of sp³-hybridized carbons (Fsp3) is 0.655. The molecule has 3 fully saturated rings. The van der Waals surface area contributed by atoms with Gasteiger partial charge in [0, 0.05) is 24.0 Å². The van der Waals surface area contributed by atoms with Gasteiger partial charge in [0.25, 0.3) is 0 Å². The van der Waals surface area contributed by atoms with E-state index in [0.29, 0.717) is 26.1 Å². The second kappa shape index (κ2) is 9.80. The van der Waals surface area contributed by atoms with E-state index in [2.05, 4.69) is 19.9 Å². The fourth-order valence-corrected chi connectivity index (χ4v) is 6.85. The molecule has 0 radical (unpaired) electrons. The van der Waals surface area contributed by atoms with Gasteiger partial charge < -0.3 is 28.8 Å². The summed E-state index contributed by atoms with van der Waals surface area (Å²) in [6.45, 7) is 8.73. The first-order chi connectivity index (χ1) is 17.6. The summed E-state index contributed by atoms with van der Waals surface area (Å²) in [4.78, 5) is 25.9. The lowest BCUT2D eigenvalue weighted by Gasteiger charge is -2.58. The molecule has 3 heterocycles. The summed E-state index contributed by atoms with van der Waals surface area (Å²) in [5.41, 5.74) is 0.318. The van der Waals surface area contributed by atoms with E-state index in [1.807, 2.05) is 6.92 Å². The molecule has 1 saturated carbocycles. The first-order valence-corrected chi connectivity index (χ1v) is 13.3. The normalized spacial score (nSPS) is 46.2. The molecule has 5 rings (SSSR count). The maximum Gasteiger partial charge on any atom is 0.331 e. The summed E-state index contributed by atoms with van der Waals surface area (Å²) < 4.78 is 30.6. The zero-order valence-electron chi connectivity index (χ0n) is 22.1. The highest BCUT2D eigenvalue weighted by Gasteiger charge is 2.83. The summed E-state index contributed by atoms with van der Waals surface area (Å²) in [6.07, 6.45) is 10.5. The Bertz CT molecular complexity index is 1050. The van der Waals surface area contributed by atoms with Gasteiger partial charge >= 0.3 is 11.9 Å². The monoisotopic (exact) mass is 514 g/mol. The highest BCUT2D eigenvalue weighted by Crippen LogP contribution is 2.72. The van der Waals surface area contributed by atoms with Gasteiger partial charge in [0.15, 0.2) is 0 Å². The number of allylic oxidation sites excluding steroid dienone is 3. The Morgan fingerprint density at radius 1 is 1.05 bits per heavy atom. The first-order valence-electron chi connectivity index (χ1n) is 13.3. The maximum absolute atomic E-state index is 12.9. The Hall–Kier alpha value is -2.26. The van der Waals surface area contributed by atoms with Crippen LogP contribution in [-0.4, -0.2) is 73.0 Å². The molecule has 5 aliphatic rings. The summed E-state index contributed by atoms with van der Waals surface area (Å²) in [5, 5.41) is 10.0. The molecule has 0 amide bonds. The van der Waals surface area contributed by atoms with Gasteiger partial charge in [-0.3, -0.25) is 0 Å². The molecule has 2 aliphatic carbocycles. The second-order valence-electron chi connectivity index (χ2n) is 11.4. The number of carbonyl (C=O) groups excluding carboxylic acids is 2. The van der Waals surface area contributed by atoms with Crippen molar-refractivity contribution in [2.45, 2.75) is 89.5 Å². The molecule has 2 spiro atoms. The van der Waals surface area contributed by atoms with Gasteiger partial charge in [0.2, 0.25) is 0 Å². The van der Waals surface area contributed by atoms with Crippen molar-refractivity contribution in [1.82, 2.24) is 0 Å². The molecule has 1 N–H and O–H groups in total. The first kappa shape index (κ1) is 26.4. The van der Waals surface area contributed by atoms with E-state index < -0.39 is 46.7 Å². The van der Waals surface area contributed by atoms with Gasteiger partial charge in [0.05, 0.1) is 36.9 Å². The number of aliphatic hydroxyl groups is 1. The molecule has 0 aromatic carbocycles. The molecule has 8 nitrogen and oxygen atoms in total. The van der Waals surface area contributed by atoms with Crippen LogP contribution in [-0.2, 0) is 33.3 Å². The third-order valence-electron chi connectivity index (χ3n) is 9.24. The molecule has 2 saturated heterocycles. The number of esters is 2. The lowest BCUT2D eigenvalue weighted by atomic mass is 9.51. The average molecular weight is 515 g/mol. The van der Waals surface area contributed by atoms with Crippen molar-refractivity contribution in [3.63, 3.8) is 0 Å². The van der Waals surface area contributed by atoms with Crippen molar-refractivity contribution in [3.05, 3.63) is 47.6 Å². The number of hydrogen-bond donors (Lipinski definition) is 1. The van der Waals surface area contributed by atoms with Crippen LogP contribution in [0.5, 0.6) is 0 Å². The second-order valence-corrected chi connectivity index (χ2v) is 11.4. The van der Waals surface area contributed by atoms with Crippen LogP contribution in [0.1, 0.15) is 53.4 Å². The average Bonchev–Trinajstić information content (AvgIpc) is 3.61. The fourth-order valence-electron chi connectivity index (χ4n) is 6.85. The van der Waals surface area contributed by atoms with Crippen molar-refractivity contribution >= 4 is 11.9 Å². The predicted octanol–water partition coefficient (Wildman–Crippen LogP) is 3.34. The topological polar surface area (TPSA) is 104 Å². The van der Waals surface area contributed by atoms with Gasteiger partial charge in [-0.15, -0.1) is 0 Å². The predicted molar refractivity (Wildman–Crippen MR) is 134 cm³/mol. The molecule has 0 unspecified atom stereocenters. The van der Waals surface area contributed by atoms with Crippen LogP contribution in [0.25, 0.3) is 0 Å². The van der Waals surface area contributed by atoms with E-state index in [4.69, 9.17) is 23.7 Å². The van der Waals surface area contributed by atoms with Gasteiger partial charge in [-0.25, -0.2) is 9.59 Å². The number of cyclic esters (lactones) is 1. The number of carbonyl (C=O) groups is 2. The van der Waals surface area contributed by atoms with Gasteiger partial charge in [0.1, 0.15) is 24.4 Å². The highest BCUT2D eigenvalue weighted by atomic mass is 16.6. The third kappa shape index (κ3) is 4.42. The molecule has 3 aliphatic heterocycles. The van der Waals surface area contributed by atoms with Crippen molar-refractivity contribution in [2.24, 2.45) is 10.8 Å². The minimum Gasteiger partial charge on any atom is -0.462 e. The molecule has 8 heteroatoms. The minimum atomic E-state index is -0.735. The van der Waals surface area contributed by atoms with E-state index in [-0.39, 0.29) is 18.8 Å². The molecular weight excluding hydrogens is 476 g/mol. The molecule has 8 atom stereocenters. The molecule has 202 valence electrons. The minimum absolute atomic E-state index is 0.144. The van der Waals surface area contributed by atoms with Crippen molar-refractivity contribution in [3.8, 4) is 0 Å². The van der Waals surface area contributed by atoms with Crippen molar-refractivity contribution in [2.75, 3.05) is 19.8 Å². The molecular formula is C29H38O8. The number of epoxide rings is 1. The summed E-state index contributed by atoms with van der Waals surface area (Å²) >= 11 is 0. The number of ether oxygens (including phenoxy) is 5. The Balaban J connectivity index is 1.51. The zero-order chi connectivity index (χ0) is 26.4. The van der Waals surface area contributed by atoms with Crippen LogP contribution >= 0.6 is 0 Å². The van der Waals surface area contributed by atoms with Crippen LogP contribution < -0.4 is 0 Å². The Morgan fingerprint density at radius 3 is 2.57 bits per heavy atom. The van der Waals surface area contributed by atoms with E-state index in [1.165, 1.54) is 17.7 Å². The Labute approximate surface area is 218 Å². The smallest absolute Gasteiger partial charge is 0.331 e. The molecule has 0 aromatic heterocycles. The molecule has 2 bridgehead atoms. The Kier molecular flexibility index (Phi) is 6.98. The van der Waals surface area contributed by atoms with E-state index in [1.54, 1.807) is 25.2 Å². The maximum atomic E-state index is 12.9. The largest absolute Gasteiger partial charge is 0.462 e. The molecule has 0 aromatic rings. The number of hydrogen-bond acceptors (Lipinski definition) is 8. The van der Waals surface area contributed by atoms with E-state index in [9.17, 15) is 14.7 Å². The van der Waals surface area contributed by atoms with Crippen LogP contribution in [0, 0.1) is 10.8 Å². The van der Waals surface area contributed by atoms with Gasteiger partial charge in [-0.05, 0) is 40.0 Å². The van der Waals surface area contributed by atoms with E-state index >= 15 is 0 Å². The Morgan fingerprint density at radius 2 is 1.84 bits per heavy atom. The summed E-state index contributed by atoms with van der Waals surface area (Å²) in [7, 11) is 0. The standard InChI is InChI=1S/C29H38O8/c1-18-9-11-28-16-34-26(32)14-19(2)10-12-33-21(20(3)30)7-5-6-8-25(31)37-22-15-24(36-23(28)13-18)29(17-35-29)27(22,28)4/h5-8,13-14,20-24,30H,9-12,15-17H2,1-4H3/b7-5-,8-6-,19-14-/t20-,21-,22-,23-,24-,27-,28-,29-/m1/s1. The van der Waals surface area contributed by atoms with Gasteiger partial charge in [-0.1, -0.05) is 42.4 Å². The summed E-state index contributed by atoms with van der Waals surface area (Å²) in [6, 6.07) is 0. The summed E-state index contributed by atoms with van der Waals surface area (Å²) in [5.74, 6) is -0.879. The third-order valence-corrected chi connectivity index (χ3v) is 9.24. The van der Waals surface area contributed by atoms with Crippen LogP contribution in [0.15, 0.2) is 47.6 Å².